The molecule has 3 nitrogen and oxygen atoms in total. The first-order valence-corrected chi connectivity index (χ1v) is 6.27. The van der Waals surface area contributed by atoms with Gasteiger partial charge in [-0.2, -0.15) is 10.2 Å². The molecule has 0 unspecified atom stereocenters. The van der Waals surface area contributed by atoms with Crippen molar-refractivity contribution in [3.8, 4) is 0 Å². The maximum absolute atomic E-state index is 4.01. The lowest BCUT2D eigenvalue weighted by Crippen LogP contribution is -1.88. The molecule has 96 valence electrons. The predicted octanol–water partition coefficient (Wildman–Crippen LogP) is 3.81. The number of nitrogens with zero attached hydrogens (tertiary/aromatic N) is 3. The molecule has 0 spiro atoms. The van der Waals surface area contributed by atoms with Gasteiger partial charge >= 0.3 is 0 Å². The fraction of sp³-hybridized carbons (Fsp3) is 0.400. The summed E-state index contributed by atoms with van der Waals surface area (Å²) in [6.45, 7) is 8.60. The van der Waals surface area contributed by atoms with Gasteiger partial charge < -0.3 is 0 Å². The van der Waals surface area contributed by atoms with Gasteiger partial charge in [0.2, 0.25) is 0 Å². The van der Waals surface area contributed by atoms with Gasteiger partial charge in [0.1, 0.15) is 0 Å². The fourth-order valence-corrected chi connectivity index (χ4v) is 1.36. The number of hydrogen-bond acceptors (Lipinski definition) is 3. The third-order valence-electron chi connectivity index (χ3n) is 2.62. The number of aromatic nitrogens is 3. The summed E-state index contributed by atoms with van der Waals surface area (Å²) in [5.41, 5.74) is 2.54. The monoisotopic (exact) mass is 243 g/mol. The van der Waals surface area contributed by atoms with Gasteiger partial charge in [-0.3, -0.25) is 4.98 Å². The van der Waals surface area contributed by atoms with E-state index in [9.17, 15) is 0 Å². The van der Waals surface area contributed by atoms with Gasteiger partial charge in [-0.25, -0.2) is 0 Å². The van der Waals surface area contributed by atoms with E-state index in [1.165, 1.54) is 11.1 Å². The normalized spacial score (nSPS) is 10.1. The average Bonchev–Trinajstić information content (AvgIpc) is 2.41. The van der Waals surface area contributed by atoms with Crippen molar-refractivity contribution in [3.05, 3.63) is 54.1 Å². The second-order valence-corrected chi connectivity index (χ2v) is 4.77. The van der Waals surface area contributed by atoms with Crippen LogP contribution in [0, 0.1) is 0 Å². The second-order valence-electron chi connectivity index (χ2n) is 4.77. The highest BCUT2D eigenvalue weighted by molar-refractivity contribution is 5.12. The third-order valence-corrected chi connectivity index (χ3v) is 2.62. The summed E-state index contributed by atoms with van der Waals surface area (Å²) in [7, 11) is 0. The van der Waals surface area contributed by atoms with Crippen LogP contribution in [0.15, 0.2) is 43.0 Å². The Bertz CT molecular complexity index is 381. The summed E-state index contributed by atoms with van der Waals surface area (Å²) >= 11 is 0. The van der Waals surface area contributed by atoms with Gasteiger partial charge in [0, 0.05) is 18.6 Å². The van der Waals surface area contributed by atoms with Gasteiger partial charge in [-0.05, 0) is 35.1 Å². The summed E-state index contributed by atoms with van der Waals surface area (Å²) in [6, 6.07) is 6.05. The number of rotatable bonds is 2. The molecule has 18 heavy (non-hydrogen) atoms. The molecule has 0 saturated heterocycles. The van der Waals surface area contributed by atoms with Crippen molar-refractivity contribution >= 4 is 0 Å². The molecule has 0 bridgehead atoms. The Kier molecular flexibility index (Phi) is 5.98. The predicted molar refractivity (Wildman–Crippen MR) is 74.4 cm³/mol. The van der Waals surface area contributed by atoms with E-state index >= 15 is 0 Å². The summed E-state index contributed by atoms with van der Waals surface area (Å²) in [6.07, 6.45) is 7.22. The zero-order valence-corrected chi connectivity index (χ0v) is 11.5. The van der Waals surface area contributed by atoms with Crippen LogP contribution in [0.5, 0.6) is 0 Å². The molecule has 2 rings (SSSR count). The van der Waals surface area contributed by atoms with E-state index in [2.05, 4.69) is 48.9 Å². The first-order valence-electron chi connectivity index (χ1n) is 6.27. The Morgan fingerprint density at radius 3 is 1.78 bits per heavy atom. The molecular formula is C15H21N3. The van der Waals surface area contributed by atoms with Crippen LogP contribution in [-0.2, 0) is 0 Å². The van der Waals surface area contributed by atoms with Gasteiger partial charge in [-0.15, -0.1) is 0 Å². The average molecular weight is 243 g/mol. The number of hydrogen-bond donors (Lipinski definition) is 0. The largest absolute Gasteiger partial charge is 0.264 e. The molecular weight excluding hydrogens is 222 g/mol. The SMILES string of the molecule is CC(C)c1cccnc1.CC(C)c1ccnnc1. The molecule has 0 N–H and O–H groups in total. The minimum Gasteiger partial charge on any atom is -0.264 e. The zero-order chi connectivity index (χ0) is 13.4. The standard InChI is InChI=1S/C8H11N.C7H10N2/c1-7(2)8-4-3-5-9-6-8;1-6(2)7-3-4-8-9-5-7/h3-7H,1-2H3;3-6H,1-2H3. The molecule has 2 aromatic heterocycles. The van der Waals surface area contributed by atoms with E-state index in [0.717, 1.165) is 0 Å². The van der Waals surface area contributed by atoms with Crippen molar-refractivity contribution in [2.45, 2.75) is 39.5 Å². The van der Waals surface area contributed by atoms with E-state index < -0.39 is 0 Å². The van der Waals surface area contributed by atoms with Crippen LogP contribution in [0.3, 0.4) is 0 Å². The quantitative estimate of drug-likeness (QED) is 0.805. The lowest BCUT2D eigenvalue weighted by molar-refractivity contribution is 0.841. The molecule has 0 aliphatic rings. The van der Waals surface area contributed by atoms with Gasteiger partial charge in [-0.1, -0.05) is 33.8 Å². The molecule has 0 fully saturated rings. The van der Waals surface area contributed by atoms with Crippen molar-refractivity contribution in [1.29, 1.82) is 0 Å². The van der Waals surface area contributed by atoms with Crippen molar-refractivity contribution < 1.29 is 0 Å². The molecule has 2 heterocycles. The highest BCUT2D eigenvalue weighted by Crippen LogP contribution is 2.10. The van der Waals surface area contributed by atoms with Crippen molar-refractivity contribution in [1.82, 2.24) is 15.2 Å². The highest BCUT2D eigenvalue weighted by Gasteiger charge is 1.95. The Labute approximate surface area is 109 Å². The van der Waals surface area contributed by atoms with Crippen LogP contribution in [-0.4, -0.2) is 15.2 Å². The lowest BCUT2D eigenvalue weighted by Gasteiger charge is -2.00. The summed E-state index contributed by atoms with van der Waals surface area (Å²) in [5, 5.41) is 7.43. The van der Waals surface area contributed by atoms with E-state index in [-0.39, 0.29) is 0 Å². The molecule has 0 aliphatic heterocycles. The Morgan fingerprint density at radius 2 is 1.44 bits per heavy atom. The van der Waals surface area contributed by atoms with Crippen LogP contribution < -0.4 is 0 Å². The fourth-order valence-electron chi connectivity index (χ4n) is 1.36. The second kappa shape index (κ2) is 7.54. The maximum Gasteiger partial charge on any atom is 0.0530 e. The Balaban J connectivity index is 0.000000180. The van der Waals surface area contributed by atoms with E-state index in [0.29, 0.717) is 11.8 Å². The molecule has 2 aromatic rings. The number of pyridine rings is 1. The molecule has 0 atom stereocenters. The summed E-state index contributed by atoms with van der Waals surface area (Å²) in [4.78, 5) is 4.01. The van der Waals surface area contributed by atoms with Crippen LogP contribution in [0.25, 0.3) is 0 Å². The van der Waals surface area contributed by atoms with E-state index in [1.54, 1.807) is 18.6 Å². The van der Waals surface area contributed by atoms with Crippen LogP contribution in [0.4, 0.5) is 0 Å². The maximum atomic E-state index is 4.01. The van der Waals surface area contributed by atoms with Crippen LogP contribution >= 0.6 is 0 Å². The molecule has 3 heteroatoms. The molecule has 0 aliphatic carbocycles. The van der Waals surface area contributed by atoms with Crippen molar-refractivity contribution in [3.63, 3.8) is 0 Å². The van der Waals surface area contributed by atoms with Gasteiger partial charge in [0.25, 0.3) is 0 Å². The smallest absolute Gasteiger partial charge is 0.0530 e. The summed E-state index contributed by atoms with van der Waals surface area (Å²) < 4.78 is 0. The molecule has 0 radical (unpaired) electrons. The minimum atomic E-state index is 0.556. The molecule has 0 saturated carbocycles. The van der Waals surface area contributed by atoms with E-state index in [4.69, 9.17) is 0 Å². The zero-order valence-electron chi connectivity index (χ0n) is 11.5. The third kappa shape index (κ3) is 5.04. The minimum absolute atomic E-state index is 0.556. The lowest BCUT2D eigenvalue weighted by atomic mass is 10.1. The Hall–Kier alpha value is -1.77. The molecule has 0 amide bonds. The highest BCUT2D eigenvalue weighted by atomic mass is 15.1. The molecule has 0 aromatic carbocycles. The topological polar surface area (TPSA) is 38.7 Å². The van der Waals surface area contributed by atoms with Crippen LogP contribution in [0.2, 0.25) is 0 Å². The summed E-state index contributed by atoms with van der Waals surface area (Å²) in [5.74, 6) is 1.15. The van der Waals surface area contributed by atoms with Gasteiger partial charge in [0.05, 0.1) is 6.20 Å². The Morgan fingerprint density at radius 1 is 0.778 bits per heavy atom. The first-order chi connectivity index (χ1) is 8.61. The van der Waals surface area contributed by atoms with Gasteiger partial charge in [0.15, 0.2) is 0 Å². The first kappa shape index (κ1) is 14.3. The van der Waals surface area contributed by atoms with E-state index in [1.807, 2.05) is 18.3 Å². The van der Waals surface area contributed by atoms with Crippen molar-refractivity contribution in [2.75, 3.05) is 0 Å². The van der Waals surface area contributed by atoms with Crippen molar-refractivity contribution in [2.24, 2.45) is 0 Å². The van der Waals surface area contributed by atoms with Crippen LogP contribution in [0.1, 0.15) is 50.7 Å².